The average Bonchev–Trinajstić information content (AvgIpc) is 3.13. The predicted octanol–water partition coefficient (Wildman–Crippen LogP) is 3.00. The molecule has 1 amide bonds. The highest BCUT2D eigenvalue weighted by Gasteiger charge is 2.42. The Bertz CT molecular complexity index is 1030. The molecule has 6 nitrogen and oxygen atoms in total. The van der Waals surface area contributed by atoms with Crippen molar-refractivity contribution in [2.45, 2.75) is 31.7 Å². The third-order valence-corrected chi connectivity index (χ3v) is 8.18. The van der Waals surface area contributed by atoms with Crippen LogP contribution in [0, 0.1) is 5.41 Å². The summed E-state index contributed by atoms with van der Waals surface area (Å²) in [5.41, 5.74) is 2.59. The fourth-order valence-electron chi connectivity index (χ4n) is 4.57. The van der Waals surface area contributed by atoms with Gasteiger partial charge in [-0.3, -0.25) is 4.79 Å². The molecule has 2 fully saturated rings. The van der Waals surface area contributed by atoms with Crippen molar-refractivity contribution in [3.05, 3.63) is 54.1 Å². The van der Waals surface area contributed by atoms with Crippen LogP contribution in [-0.4, -0.2) is 52.2 Å². The molecule has 2 aromatic rings. The monoisotopic (exact) mass is 443 g/mol. The maximum absolute atomic E-state index is 13.3. The van der Waals surface area contributed by atoms with Gasteiger partial charge >= 0.3 is 0 Å². The minimum Gasteiger partial charge on any atom is -0.496 e. The van der Waals surface area contributed by atoms with Gasteiger partial charge in [0.1, 0.15) is 5.75 Å². The predicted molar refractivity (Wildman–Crippen MR) is 120 cm³/mol. The van der Waals surface area contributed by atoms with Crippen LogP contribution >= 0.6 is 0 Å². The number of amides is 1. The van der Waals surface area contributed by atoms with Crippen LogP contribution in [0.2, 0.25) is 0 Å². The third kappa shape index (κ3) is 4.93. The Hall–Kier alpha value is -2.38. The summed E-state index contributed by atoms with van der Waals surface area (Å²) in [6.45, 7) is 1.07. The number of hydrogen-bond donors (Lipinski definition) is 1. The smallest absolute Gasteiger partial charge is 0.226 e. The summed E-state index contributed by atoms with van der Waals surface area (Å²) in [6, 6.07) is 15.8. The Morgan fingerprint density at radius 1 is 1.13 bits per heavy atom. The molecule has 0 spiro atoms. The second kappa shape index (κ2) is 9.01. The van der Waals surface area contributed by atoms with Crippen molar-refractivity contribution in [1.29, 1.82) is 0 Å². The minimum atomic E-state index is -3.04. The standard InChI is InChI=1S/C24H29NO5S/c1-29-22-5-3-2-4-21(22)19-8-6-18(7-9-19)16-24(11-13-30-14-12-24)23(26)25-20-10-15-31(27,28)17-20/h2-9,20H,10-17H2,1H3,(H,25,26)/t20-/m0/s1. The molecule has 0 aromatic heterocycles. The molecule has 31 heavy (non-hydrogen) atoms. The number of hydrogen-bond acceptors (Lipinski definition) is 5. The summed E-state index contributed by atoms with van der Waals surface area (Å²) in [5, 5.41) is 3.03. The van der Waals surface area contributed by atoms with Gasteiger partial charge in [-0.15, -0.1) is 0 Å². The number of benzene rings is 2. The average molecular weight is 444 g/mol. The van der Waals surface area contributed by atoms with Gasteiger partial charge in [0.15, 0.2) is 9.84 Å². The number of carbonyl (C=O) groups is 1. The van der Waals surface area contributed by atoms with Crippen LogP contribution in [0.3, 0.4) is 0 Å². The van der Waals surface area contributed by atoms with E-state index in [4.69, 9.17) is 9.47 Å². The van der Waals surface area contributed by atoms with Crippen LogP contribution in [-0.2, 0) is 25.8 Å². The van der Waals surface area contributed by atoms with Gasteiger partial charge in [-0.05, 0) is 42.9 Å². The highest BCUT2D eigenvalue weighted by atomic mass is 32.2. The zero-order valence-corrected chi connectivity index (χ0v) is 18.6. The van der Waals surface area contributed by atoms with Gasteiger partial charge in [0.25, 0.3) is 0 Å². The van der Waals surface area contributed by atoms with E-state index in [1.165, 1.54) is 0 Å². The zero-order chi connectivity index (χ0) is 21.9. The van der Waals surface area contributed by atoms with Crippen molar-refractivity contribution in [3.63, 3.8) is 0 Å². The molecular weight excluding hydrogens is 414 g/mol. The molecule has 2 heterocycles. The summed E-state index contributed by atoms with van der Waals surface area (Å²) < 4.78 is 34.6. The Balaban J connectivity index is 1.52. The molecule has 0 radical (unpaired) electrons. The van der Waals surface area contributed by atoms with Crippen LogP contribution in [0.15, 0.2) is 48.5 Å². The highest BCUT2D eigenvalue weighted by molar-refractivity contribution is 7.91. The first-order chi connectivity index (χ1) is 14.9. The lowest BCUT2D eigenvalue weighted by Crippen LogP contribution is -2.49. The summed E-state index contributed by atoms with van der Waals surface area (Å²) in [6.07, 6.45) is 2.36. The van der Waals surface area contributed by atoms with Crippen LogP contribution < -0.4 is 10.1 Å². The van der Waals surface area contributed by atoms with Crippen LogP contribution in [0.25, 0.3) is 11.1 Å². The Morgan fingerprint density at radius 3 is 2.48 bits per heavy atom. The van der Waals surface area contributed by atoms with Crippen molar-refractivity contribution in [2.75, 3.05) is 31.8 Å². The summed E-state index contributed by atoms with van der Waals surface area (Å²) in [7, 11) is -1.37. The molecule has 2 saturated heterocycles. The Morgan fingerprint density at radius 2 is 1.84 bits per heavy atom. The van der Waals surface area contributed by atoms with E-state index in [1.54, 1.807) is 7.11 Å². The molecule has 2 aromatic carbocycles. The van der Waals surface area contributed by atoms with Gasteiger partial charge in [0.05, 0.1) is 24.0 Å². The molecular formula is C24H29NO5S. The van der Waals surface area contributed by atoms with Crippen LogP contribution in [0.5, 0.6) is 5.75 Å². The molecule has 166 valence electrons. The van der Waals surface area contributed by atoms with E-state index in [0.29, 0.717) is 38.9 Å². The molecule has 7 heteroatoms. The van der Waals surface area contributed by atoms with E-state index in [-0.39, 0.29) is 23.5 Å². The van der Waals surface area contributed by atoms with Crippen molar-refractivity contribution >= 4 is 15.7 Å². The molecule has 1 N–H and O–H groups in total. The van der Waals surface area contributed by atoms with E-state index in [0.717, 1.165) is 22.4 Å². The van der Waals surface area contributed by atoms with Crippen molar-refractivity contribution < 1.29 is 22.7 Å². The van der Waals surface area contributed by atoms with Crippen molar-refractivity contribution in [3.8, 4) is 16.9 Å². The summed E-state index contributed by atoms with van der Waals surface area (Å²) in [5.74, 6) is 0.964. The number of carbonyl (C=O) groups excluding carboxylic acids is 1. The second-order valence-electron chi connectivity index (χ2n) is 8.54. The van der Waals surface area contributed by atoms with Crippen LogP contribution in [0.1, 0.15) is 24.8 Å². The molecule has 2 aliphatic heterocycles. The quantitative estimate of drug-likeness (QED) is 0.742. The van der Waals surface area contributed by atoms with Gasteiger partial charge in [-0.1, -0.05) is 42.5 Å². The Labute approximate surface area is 183 Å². The van der Waals surface area contributed by atoms with Gasteiger partial charge in [0.2, 0.25) is 5.91 Å². The number of para-hydroxylation sites is 1. The first-order valence-electron chi connectivity index (χ1n) is 10.7. The van der Waals surface area contributed by atoms with Gasteiger partial charge in [-0.2, -0.15) is 0 Å². The van der Waals surface area contributed by atoms with Gasteiger partial charge in [0, 0.05) is 24.8 Å². The first-order valence-corrected chi connectivity index (χ1v) is 12.5. The van der Waals surface area contributed by atoms with Crippen LogP contribution in [0.4, 0.5) is 0 Å². The van der Waals surface area contributed by atoms with Crippen molar-refractivity contribution in [2.24, 2.45) is 5.41 Å². The topological polar surface area (TPSA) is 81.7 Å². The second-order valence-corrected chi connectivity index (χ2v) is 10.8. The molecule has 1 atom stereocenters. The number of sulfone groups is 1. The molecule has 2 aliphatic rings. The zero-order valence-electron chi connectivity index (χ0n) is 17.8. The van der Waals surface area contributed by atoms with E-state index in [9.17, 15) is 13.2 Å². The van der Waals surface area contributed by atoms with Crippen molar-refractivity contribution in [1.82, 2.24) is 5.32 Å². The minimum absolute atomic E-state index is 0.0406. The number of ether oxygens (including phenoxy) is 2. The molecule has 0 unspecified atom stereocenters. The third-order valence-electron chi connectivity index (χ3n) is 6.41. The highest BCUT2D eigenvalue weighted by Crippen LogP contribution is 2.36. The molecule has 4 rings (SSSR count). The maximum atomic E-state index is 13.3. The molecule has 0 saturated carbocycles. The number of methoxy groups -OCH3 is 1. The fourth-order valence-corrected chi connectivity index (χ4v) is 6.24. The van der Waals surface area contributed by atoms with E-state index in [1.807, 2.05) is 24.3 Å². The SMILES string of the molecule is COc1ccccc1-c1ccc(CC2(C(=O)N[C@H]3CCS(=O)(=O)C3)CCOCC2)cc1. The maximum Gasteiger partial charge on any atom is 0.226 e. The summed E-state index contributed by atoms with van der Waals surface area (Å²) >= 11 is 0. The van der Waals surface area contributed by atoms with Gasteiger partial charge in [-0.25, -0.2) is 8.42 Å². The molecule has 0 aliphatic carbocycles. The lowest BCUT2D eigenvalue weighted by atomic mass is 9.74. The number of rotatable bonds is 6. The Kier molecular flexibility index (Phi) is 6.34. The van der Waals surface area contributed by atoms with Gasteiger partial charge < -0.3 is 14.8 Å². The van der Waals surface area contributed by atoms with E-state index < -0.39 is 15.3 Å². The summed E-state index contributed by atoms with van der Waals surface area (Å²) in [4.78, 5) is 13.3. The molecule has 0 bridgehead atoms. The first kappa shape index (κ1) is 21.8. The fraction of sp³-hybridized carbons (Fsp3) is 0.458. The lowest BCUT2D eigenvalue weighted by molar-refractivity contribution is -0.137. The lowest BCUT2D eigenvalue weighted by Gasteiger charge is -2.36. The van der Waals surface area contributed by atoms with E-state index in [2.05, 4.69) is 29.6 Å². The normalized spacial score (nSPS) is 22.0. The number of nitrogens with one attached hydrogen (secondary N) is 1. The van der Waals surface area contributed by atoms with E-state index >= 15 is 0 Å². The largest absolute Gasteiger partial charge is 0.496 e.